The fraction of sp³-hybridized carbons (Fsp3) is 0.407. The van der Waals surface area contributed by atoms with E-state index in [1.807, 2.05) is 26.0 Å². The van der Waals surface area contributed by atoms with Crippen molar-refractivity contribution < 1.29 is 9.84 Å². The summed E-state index contributed by atoms with van der Waals surface area (Å²) in [6.07, 6.45) is 10.7. The van der Waals surface area contributed by atoms with Crippen LogP contribution in [0.2, 0.25) is 0 Å². The van der Waals surface area contributed by atoms with Crippen molar-refractivity contribution in [2.75, 3.05) is 25.1 Å². The molecule has 3 aromatic rings. The maximum atomic E-state index is 13.6. The average molecular weight is 461 g/mol. The number of hydrogen-bond acceptors (Lipinski definition) is 5. The van der Waals surface area contributed by atoms with Gasteiger partial charge in [-0.25, -0.2) is 4.98 Å². The van der Waals surface area contributed by atoms with Crippen LogP contribution >= 0.6 is 0 Å². The molecule has 2 unspecified atom stereocenters. The molecule has 2 aromatic heterocycles. The fourth-order valence-corrected chi connectivity index (χ4v) is 5.38. The highest BCUT2D eigenvalue weighted by Crippen LogP contribution is 2.31. The van der Waals surface area contributed by atoms with Crippen molar-refractivity contribution in [3.63, 3.8) is 0 Å². The lowest BCUT2D eigenvalue weighted by molar-refractivity contribution is -0.0395. The van der Waals surface area contributed by atoms with E-state index in [-0.39, 0.29) is 18.2 Å². The van der Waals surface area contributed by atoms with E-state index in [1.54, 1.807) is 10.9 Å². The summed E-state index contributed by atoms with van der Waals surface area (Å²) >= 11 is 0. The zero-order valence-corrected chi connectivity index (χ0v) is 20.0. The average Bonchev–Trinajstić information content (AvgIpc) is 3.28. The SMILES string of the molecule is CC=c1c(CC2=CCNc3c2ccn3CC)cc2c(=O)n(C3CCOCC3O)cnc2c1=CC. The van der Waals surface area contributed by atoms with Crippen LogP contribution in [0.4, 0.5) is 5.82 Å². The normalized spacial score (nSPS) is 21.5. The molecule has 1 fully saturated rings. The minimum absolute atomic E-state index is 0.111. The highest BCUT2D eigenvalue weighted by molar-refractivity contribution is 5.83. The number of fused-ring (bicyclic) bond motifs is 2. The molecule has 1 aromatic carbocycles. The van der Waals surface area contributed by atoms with Gasteiger partial charge in [0.15, 0.2) is 0 Å². The second-order valence-corrected chi connectivity index (χ2v) is 8.94. The minimum atomic E-state index is -0.716. The van der Waals surface area contributed by atoms with Crippen molar-refractivity contribution in [3.8, 4) is 0 Å². The van der Waals surface area contributed by atoms with Crippen LogP contribution in [0.25, 0.3) is 28.6 Å². The first-order valence-electron chi connectivity index (χ1n) is 12.1. The Labute approximate surface area is 198 Å². The van der Waals surface area contributed by atoms with Crippen LogP contribution < -0.4 is 21.3 Å². The van der Waals surface area contributed by atoms with E-state index in [1.165, 1.54) is 11.1 Å². The van der Waals surface area contributed by atoms with Gasteiger partial charge in [-0.3, -0.25) is 9.36 Å². The Balaban J connectivity index is 1.67. The largest absolute Gasteiger partial charge is 0.389 e. The number of anilines is 1. The summed E-state index contributed by atoms with van der Waals surface area (Å²) in [5, 5.41) is 16.6. The molecule has 178 valence electrons. The number of aromatic nitrogens is 3. The molecule has 0 bridgehead atoms. The Kier molecular flexibility index (Phi) is 6.15. The van der Waals surface area contributed by atoms with Crippen LogP contribution in [0.5, 0.6) is 0 Å². The van der Waals surface area contributed by atoms with Crippen LogP contribution in [0, 0.1) is 0 Å². The lowest BCUT2D eigenvalue weighted by atomic mass is 9.94. The number of aryl methyl sites for hydroxylation is 1. The van der Waals surface area contributed by atoms with Gasteiger partial charge < -0.3 is 19.7 Å². The van der Waals surface area contributed by atoms with E-state index in [9.17, 15) is 9.90 Å². The zero-order valence-electron chi connectivity index (χ0n) is 20.0. The van der Waals surface area contributed by atoms with Crippen molar-refractivity contribution in [2.45, 2.75) is 52.3 Å². The molecule has 2 atom stereocenters. The summed E-state index contributed by atoms with van der Waals surface area (Å²) < 4.78 is 9.18. The molecule has 0 spiro atoms. The quantitative estimate of drug-likeness (QED) is 0.624. The first kappa shape index (κ1) is 22.6. The summed E-state index contributed by atoms with van der Waals surface area (Å²) in [6.45, 7) is 8.63. The number of benzene rings is 1. The Morgan fingerprint density at radius 1 is 1.29 bits per heavy atom. The maximum Gasteiger partial charge on any atom is 0.261 e. The van der Waals surface area contributed by atoms with Gasteiger partial charge in [-0.1, -0.05) is 18.2 Å². The zero-order chi connectivity index (χ0) is 23.8. The smallest absolute Gasteiger partial charge is 0.261 e. The van der Waals surface area contributed by atoms with E-state index in [0.717, 1.165) is 41.3 Å². The molecule has 2 aliphatic heterocycles. The molecule has 34 heavy (non-hydrogen) atoms. The number of ether oxygens (including phenoxy) is 1. The third-order valence-corrected chi connectivity index (χ3v) is 7.12. The molecule has 7 heteroatoms. The van der Waals surface area contributed by atoms with E-state index in [0.29, 0.717) is 23.9 Å². The summed E-state index contributed by atoms with van der Waals surface area (Å²) in [7, 11) is 0. The van der Waals surface area contributed by atoms with Gasteiger partial charge in [-0.15, -0.1) is 0 Å². The summed E-state index contributed by atoms with van der Waals surface area (Å²) in [6, 6.07) is 3.85. The lowest BCUT2D eigenvalue weighted by Gasteiger charge is -2.29. The van der Waals surface area contributed by atoms with Gasteiger partial charge in [-0.2, -0.15) is 0 Å². The molecule has 0 radical (unpaired) electrons. The molecule has 0 amide bonds. The van der Waals surface area contributed by atoms with Gasteiger partial charge in [-0.05, 0) is 62.1 Å². The number of rotatable bonds is 4. The summed E-state index contributed by atoms with van der Waals surface area (Å²) in [5.74, 6) is 1.16. The Morgan fingerprint density at radius 3 is 2.85 bits per heavy atom. The van der Waals surface area contributed by atoms with Crippen LogP contribution in [-0.4, -0.2) is 45.1 Å². The monoisotopic (exact) mass is 460 g/mol. The molecule has 2 aliphatic rings. The molecule has 4 heterocycles. The first-order valence-corrected chi connectivity index (χ1v) is 12.1. The number of allylic oxidation sites excluding steroid dienone is 1. The minimum Gasteiger partial charge on any atom is -0.389 e. The van der Waals surface area contributed by atoms with Crippen LogP contribution in [-0.2, 0) is 17.7 Å². The predicted octanol–water partition coefficient (Wildman–Crippen LogP) is 2.19. The second kappa shape index (κ2) is 9.24. The van der Waals surface area contributed by atoms with Crippen molar-refractivity contribution in [2.24, 2.45) is 0 Å². The number of aliphatic hydroxyl groups excluding tert-OH is 1. The third-order valence-electron chi connectivity index (χ3n) is 7.12. The number of hydrogen-bond donors (Lipinski definition) is 2. The number of nitrogens with zero attached hydrogens (tertiary/aromatic N) is 3. The Bertz CT molecular complexity index is 1450. The molecular formula is C27H32N4O3. The van der Waals surface area contributed by atoms with Crippen LogP contribution in [0.15, 0.2) is 35.5 Å². The van der Waals surface area contributed by atoms with E-state index in [4.69, 9.17) is 9.72 Å². The maximum absolute atomic E-state index is 13.6. The summed E-state index contributed by atoms with van der Waals surface area (Å²) in [5.41, 5.74) is 4.18. The molecule has 1 saturated heterocycles. The highest BCUT2D eigenvalue weighted by Gasteiger charge is 2.27. The molecule has 0 aliphatic carbocycles. The third kappa shape index (κ3) is 3.69. The highest BCUT2D eigenvalue weighted by atomic mass is 16.5. The van der Waals surface area contributed by atoms with Crippen molar-refractivity contribution in [1.29, 1.82) is 0 Å². The predicted molar refractivity (Wildman–Crippen MR) is 136 cm³/mol. The van der Waals surface area contributed by atoms with E-state index >= 15 is 0 Å². The van der Waals surface area contributed by atoms with Crippen molar-refractivity contribution in [1.82, 2.24) is 14.1 Å². The van der Waals surface area contributed by atoms with Gasteiger partial charge in [0.25, 0.3) is 5.56 Å². The lowest BCUT2D eigenvalue weighted by Crippen LogP contribution is -2.40. The van der Waals surface area contributed by atoms with Gasteiger partial charge in [0.05, 0.1) is 36.0 Å². The van der Waals surface area contributed by atoms with Gasteiger partial charge in [0, 0.05) is 36.7 Å². The fourth-order valence-electron chi connectivity index (χ4n) is 5.38. The molecular weight excluding hydrogens is 428 g/mol. The molecule has 5 rings (SSSR count). The Hall–Kier alpha value is -3.16. The Morgan fingerprint density at radius 2 is 2.12 bits per heavy atom. The van der Waals surface area contributed by atoms with E-state index < -0.39 is 6.10 Å². The second-order valence-electron chi connectivity index (χ2n) is 8.94. The van der Waals surface area contributed by atoms with Crippen LogP contribution in [0.1, 0.15) is 44.4 Å². The number of aliphatic hydroxyl groups is 1. The molecule has 0 saturated carbocycles. The van der Waals surface area contributed by atoms with Gasteiger partial charge in [0.1, 0.15) is 5.82 Å². The van der Waals surface area contributed by atoms with Crippen LogP contribution in [0.3, 0.4) is 0 Å². The molecule has 2 N–H and O–H groups in total. The van der Waals surface area contributed by atoms with E-state index in [2.05, 4.69) is 41.2 Å². The number of nitrogens with one attached hydrogen (secondary N) is 1. The van der Waals surface area contributed by atoms with Crippen molar-refractivity contribution >= 4 is 34.4 Å². The summed E-state index contributed by atoms with van der Waals surface area (Å²) in [4.78, 5) is 18.3. The first-order chi connectivity index (χ1) is 16.6. The van der Waals surface area contributed by atoms with Gasteiger partial charge >= 0.3 is 0 Å². The molecule has 7 nitrogen and oxygen atoms in total. The van der Waals surface area contributed by atoms with Crippen molar-refractivity contribution in [3.05, 3.63) is 62.7 Å². The standard InChI is InChI=1S/C27H32N4O3/c1-4-19-18(13-17-7-10-28-26-21(17)8-11-30(26)6-3)14-22-25(20(19)5-2)29-16-31(27(22)33)23-9-12-34-15-24(23)32/h4-5,7-8,11,14,16,23-24,28,32H,6,9-10,12-13,15H2,1-3H3. The van der Waals surface area contributed by atoms with Gasteiger partial charge in [0.2, 0.25) is 0 Å². The topological polar surface area (TPSA) is 81.3 Å².